The zero-order chi connectivity index (χ0) is 16.9. The van der Waals surface area contributed by atoms with Gasteiger partial charge in [-0.2, -0.15) is 5.10 Å². The van der Waals surface area contributed by atoms with Crippen LogP contribution in [0.4, 0.5) is 4.79 Å². The maximum atomic E-state index is 12.2. The van der Waals surface area contributed by atoms with Crippen LogP contribution in [0.1, 0.15) is 11.4 Å². The van der Waals surface area contributed by atoms with Gasteiger partial charge in [0.1, 0.15) is 6.33 Å². The molecule has 2 aromatic rings. The summed E-state index contributed by atoms with van der Waals surface area (Å²) in [7, 11) is 1.80. The average molecular weight is 349 g/mol. The number of piperazine rings is 1. The minimum Gasteiger partial charge on any atom is -0.331 e. The summed E-state index contributed by atoms with van der Waals surface area (Å²) in [4.78, 5) is 20.5. The Balaban J connectivity index is 1.42. The van der Waals surface area contributed by atoms with Crippen molar-refractivity contribution in [2.75, 3.05) is 26.2 Å². The number of aromatic nitrogens is 3. The Morgan fingerprint density at radius 3 is 2.54 bits per heavy atom. The van der Waals surface area contributed by atoms with Gasteiger partial charge >= 0.3 is 6.03 Å². The van der Waals surface area contributed by atoms with E-state index in [-0.39, 0.29) is 6.03 Å². The van der Waals surface area contributed by atoms with Crippen LogP contribution in [0.3, 0.4) is 0 Å². The molecule has 24 heavy (non-hydrogen) atoms. The molecule has 1 N–H and O–H groups in total. The predicted molar refractivity (Wildman–Crippen MR) is 91.5 cm³/mol. The van der Waals surface area contributed by atoms with Crippen molar-refractivity contribution < 1.29 is 4.79 Å². The number of nitrogens with one attached hydrogen (secondary N) is 1. The molecule has 1 aromatic heterocycles. The quantitative estimate of drug-likeness (QED) is 0.909. The number of urea groups is 1. The fraction of sp³-hybridized carbons (Fsp3) is 0.438. The van der Waals surface area contributed by atoms with Crippen LogP contribution in [0.2, 0.25) is 5.02 Å². The number of hydrogen-bond donors (Lipinski definition) is 1. The molecule has 1 aromatic carbocycles. The van der Waals surface area contributed by atoms with Gasteiger partial charge in [-0.15, -0.1) is 0 Å². The molecule has 0 aliphatic carbocycles. The van der Waals surface area contributed by atoms with Crippen molar-refractivity contribution >= 4 is 17.6 Å². The van der Waals surface area contributed by atoms with Crippen LogP contribution >= 0.6 is 11.6 Å². The van der Waals surface area contributed by atoms with Gasteiger partial charge in [-0.25, -0.2) is 9.78 Å². The first-order chi connectivity index (χ1) is 11.6. The van der Waals surface area contributed by atoms with E-state index in [9.17, 15) is 4.79 Å². The van der Waals surface area contributed by atoms with E-state index < -0.39 is 0 Å². The van der Waals surface area contributed by atoms with E-state index in [1.807, 2.05) is 29.2 Å². The molecule has 0 atom stereocenters. The molecule has 0 unspecified atom stereocenters. The first kappa shape index (κ1) is 16.7. The summed E-state index contributed by atoms with van der Waals surface area (Å²) in [6.45, 7) is 4.38. The number of halogens is 1. The molecular formula is C16H21ClN6O. The summed E-state index contributed by atoms with van der Waals surface area (Å²) < 4.78 is 1.62. The van der Waals surface area contributed by atoms with Gasteiger partial charge in [0.15, 0.2) is 5.82 Å². The fourth-order valence-electron chi connectivity index (χ4n) is 2.69. The van der Waals surface area contributed by atoms with Crippen LogP contribution < -0.4 is 5.32 Å². The van der Waals surface area contributed by atoms with E-state index in [4.69, 9.17) is 11.6 Å². The Morgan fingerprint density at radius 1 is 1.21 bits per heavy atom. The fourth-order valence-corrected chi connectivity index (χ4v) is 2.81. The third-order valence-electron chi connectivity index (χ3n) is 4.02. The monoisotopic (exact) mass is 348 g/mol. The number of carbonyl (C=O) groups excluding carboxylic acids is 1. The second-order valence-corrected chi connectivity index (χ2v) is 6.32. The molecular weight excluding hydrogens is 328 g/mol. The smallest absolute Gasteiger partial charge is 0.317 e. The zero-order valence-corrected chi connectivity index (χ0v) is 14.4. The number of carbonyl (C=O) groups is 1. The van der Waals surface area contributed by atoms with E-state index in [0.717, 1.165) is 37.7 Å². The third kappa shape index (κ3) is 4.46. The molecule has 1 aliphatic rings. The molecule has 2 heterocycles. The third-order valence-corrected chi connectivity index (χ3v) is 4.28. The number of nitrogens with zero attached hydrogens (tertiary/aromatic N) is 5. The van der Waals surface area contributed by atoms with Crippen molar-refractivity contribution in [2.24, 2.45) is 7.05 Å². The molecule has 1 fully saturated rings. The van der Waals surface area contributed by atoms with Gasteiger partial charge in [-0.3, -0.25) is 9.58 Å². The Hall–Kier alpha value is -2.12. The van der Waals surface area contributed by atoms with Crippen LogP contribution in [0.15, 0.2) is 30.6 Å². The van der Waals surface area contributed by atoms with Gasteiger partial charge in [-0.1, -0.05) is 23.7 Å². The van der Waals surface area contributed by atoms with Crippen molar-refractivity contribution in [3.63, 3.8) is 0 Å². The van der Waals surface area contributed by atoms with Gasteiger partial charge in [0.2, 0.25) is 0 Å². The van der Waals surface area contributed by atoms with Gasteiger partial charge in [-0.05, 0) is 17.7 Å². The molecule has 3 rings (SSSR count). The topological polar surface area (TPSA) is 66.3 Å². The lowest BCUT2D eigenvalue weighted by Gasteiger charge is -2.34. The summed E-state index contributed by atoms with van der Waals surface area (Å²) in [5.41, 5.74) is 1.23. The molecule has 1 saturated heterocycles. The highest BCUT2D eigenvalue weighted by Crippen LogP contribution is 2.13. The van der Waals surface area contributed by atoms with E-state index in [1.54, 1.807) is 18.1 Å². The van der Waals surface area contributed by atoms with Gasteiger partial charge in [0.05, 0.1) is 6.54 Å². The molecule has 7 nitrogen and oxygen atoms in total. The Kier molecular flexibility index (Phi) is 5.32. The molecule has 8 heteroatoms. The van der Waals surface area contributed by atoms with Gasteiger partial charge in [0, 0.05) is 44.8 Å². The Morgan fingerprint density at radius 2 is 1.92 bits per heavy atom. The lowest BCUT2D eigenvalue weighted by atomic mass is 10.2. The predicted octanol–water partition coefficient (Wildman–Crippen LogP) is 1.50. The largest absolute Gasteiger partial charge is 0.331 e. The minimum atomic E-state index is -0.0615. The van der Waals surface area contributed by atoms with E-state index in [0.29, 0.717) is 12.4 Å². The molecule has 2 amide bonds. The van der Waals surface area contributed by atoms with Crippen LogP contribution in [0, 0.1) is 0 Å². The van der Waals surface area contributed by atoms with Crippen LogP contribution in [-0.2, 0) is 20.1 Å². The minimum absolute atomic E-state index is 0.0615. The Bertz CT molecular complexity index is 678. The molecule has 1 aliphatic heterocycles. The molecule has 0 spiro atoms. The highest BCUT2D eigenvalue weighted by atomic mass is 35.5. The van der Waals surface area contributed by atoms with E-state index >= 15 is 0 Å². The SMILES string of the molecule is Cn1cnc(CNC(=O)N2CCN(Cc3ccc(Cl)cc3)CC2)n1. The van der Waals surface area contributed by atoms with Crippen molar-refractivity contribution in [1.29, 1.82) is 0 Å². The summed E-state index contributed by atoms with van der Waals surface area (Å²) in [6.07, 6.45) is 1.62. The van der Waals surface area contributed by atoms with Crippen molar-refractivity contribution in [3.8, 4) is 0 Å². The molecule has 0 bridgehead atoms. The second kappa shape index (κ2) is 7.63. The summed E-state index contributed by atoms with van der Waals surface area (Å²) in [5.74, 6) is 0.618. The average Bonchev–Trinajstić information content (AvgIpc) is 3.01. The highest BCUT2D eigenvalue weighted by molar-refractivity contribution is 6.30. The van der Waals surface area contributed by atoms with E-state index in [2.05, 4.69) is 20.3 Å². The van der Waals surface area contributed by atoms with Crippen LogP contribution in [0.25, 0.3) is 0 Å². The number of aryl methyl sites for hydroxylation is 1. The number of benzene rings is 1. The Labute approximate surface area is 146 Å². The number of rotatable bonds is 4. The van der Waals surface area contributed by atoms with Crippen LogP contribution in [0.5, 0.6) is 0 Å². The van der Waals surface area contributed by atoms with Crippen molar-refractivity contribution in [1.82, 2.24) is 29.9 Å². The van der Waals surface area contributed by atoms with Gasteiger partial charge in [0.25, 0.3) is 0 Å². The first-order valence-corrected chi connectivity index (χ1v) is 8.32. The molecule has 0 saturated carbocycles. The van der Waals surface area contributed by atoms with Gasteiger partial charge < -0.3 is 10.2 Å². The molecule has 128 valence electrons. The number of hydrogen-bond acceptors (Lipinski definition) is 4. The normalized spacial score (nSPS) is 15.5. The highest BCUT2D eigenvalue weighted by Gasteiger charge is 2.21. The lowest BCUT2D eigenvalue weighted by molar-refractivity contribution is 0.135. The summed E-state index contributed by atoms with van der Waals surface area (Å²) in [6, 6.07) is 7.84. The summed E-state index contributed by atoms with van der Waals surface area (Å²) in [5, 5.41) is 7.77. The lowest BCUT2D eigenvalue weighted by Crippen LogP contribution is -2.51. The number of amides is 2. The first-order valence-electron chi connectivity index (χ1n) is 7.94. The second-order valence-electron chi connectivity index (χ2n) is 5.88. The molecule has 0 radical (unpaired) electrons. The van der Waals surface area contributed by atoms with E-state index in [1.165, 1.54) is 5.56 Å². The standard InChI is InChI=1S/C16H21ClN6O/c1-21-12-19-15(20-21)10-18-16(24)23-8-6-22(7-9-23)11-13-2-4-14(17)5-3-13/h2-5,12H,6-11H2,1H3,(H,18,24). The maximum absolute atomic E-state index is 12.2. The summed E-state index contributed by atoms with van der Waals surface area (Å²) >= 11 is 5.91. The maximum Gasteiger partial charge on any atom is 0.317 e. The zero-order valence-electron chi connectivity index (χ0n) is 13.7. The van der Waals surface area contributed by atoms with Crippen molar-refractivity contribution in [2.45, 2.75) is 13.1 Å². The van der Waals surface area contributed by atoms with Crippen molar-refractivity contribution in [3.05, 3.63) is 47.0 Å². The van der Waals surface area contributed by atoms with Crippen LogP contribution in [-0.4, -0.2) is 56.8 Å².